The van der Waals surface area contributed by atoms with E-state index in [4.69, 9.17) is 14.6 Å². The number of nitrogens with zero attached hydrogens (tertiary/aromatic N) is 2. The van der Waals surface area contributed by atoms with Crippen molar-refractivity contribution in [1.29, 1.82) is 0 Å². The molecule has 0 amide bonds. The third-order valence-corrected chi connectivity index (χ3v) is 3.60. The highest BCUT2D eigenvalue weighted by Crippen LogP contribution is 2.23. The molecule has 3 aromatic rings. The van der Waals surface area contributed by atoms with Crippen LogP contribution >= 0.6 is 0 Å². The summed E-state index contributed by atoms with van der Waals surface area (Å²) in [6.07, 6.45) is 1.33. The molecule has 1 aromatic heterocycles. The number of aromatic nitrogens is 1. The maximum absolute atomic E-state index is 11.0. The molecule has 7 heteroatoms. The first kappa shape index (κ1) is 17.9. The molecule has 1 heterocycles. The summed E-state index contributed by atoms with van der Waals surface area (Å²) in [5.41, 5.74) is 0.382. The molecular weight excluding hydrogens is 348 g/mol. The lowest BCUT2D eigenvalue weighted by Crippen LogP contribution is -2.15. The number of hydrogen-bond acceptors (Lipinski definition) is 6. The summed E-state index contributed by atoms with van der Waals surface area (Å²) in [7, 11) is 0. The molecule has 0 radical (unpaired) electrons. The molecule has 0 aliphatic rings. The topological polar surface area (TPSA) is 101 Å². The van der Waals surface area contributed by atoms with Crippen LogP contribution in [0.2, 0.25) is 0 Å². The van der Waals surface area contributed by atoms with E-state index in [0.717, 1.165) is 5.75 Å². The first-order valence-corrected chi connectivity index (χ1v) is 8.02. The first-order valence-electron chi connectivity index (χ1n) is 8.02. The van der Waals surface area contributed by atoms with Crippen LogP contribution in [0.15, 0.2) is 78.1 Å². The lowest BCUT2D eigenvalue weighted by Gasteiger charge is -2.09. The van der Waals surface area contributed by atoms with E-state index in [9.17, 15) is 10.0 Å². The van der Waals surface area contributed by atoms with Crippen molar-refractivity contribution in [1.82, 2.24) is 4.98 Å². The van der Waals surface area contributed by atoms with Crippen molar-refractivity contribution in [2.45, 2.75) is 0 Å². The number of aromatic carboxylic acids is 1. The highest BCUT2D eigenvalue weighted by molar-refractivity contribution is 6.01. The molecule has 0 saturated heterocycles. The van der Waals surface area contributed by atoms with Crippen LogP contribution in [0.1, 0.15) is 16.1 Å². The number of carbonyl (C=O) groups is 1. The highest BCUT2D eigenvalue weighted by atomic mass is 16.5. The van der Waals surface area contributed by atoms with Gasteiger partial charge in [0.05, 0.1) is 11.3 Å². The fraction of sp³-hybridized carbons (Fsp3) is 0.0500. The van der Waals surface area contributed by atoms with Crippen LogP contribution in [-0.4, -0.2) is 33.6 Å². The van der Waals surface area contributed by atoms with Gasteiger partial charge >= 0.3 is 5.97 Å². The second kappa shape index (κ2) is 8.48. The van der Waals surface area contributed by atoms with Crippen LogP contribution in [-0.2, 0) is 0 Å². The number of carboxylic acid groups (broad SMARTS) is 1. The van der Waals surface area contributed by atoms with Crippen LogP contribution in [0, 0.1) is 0 Å². The summed E-state index contributed by atoms with van der Waals surface area (Å²) < 4.78 is 11.3. The summed E-state index contributed by atoms with van der Waals surface area (Å²) in [4.78, 5) is 15.0. The number of para-hydroxylation sites is 1. The van der Waals surface area contributed by atoms with Gasteiger partial charge in [0.2, 0.25) is 0 Å². The van der Waals surface area contributed by atoms with E-state index in [0.29, 0.717) is 11.5 Å². The van der Waals surface area contributed by atoms with Gasteiger partial charge in [-0.1, -0.05) is 23.4 Å². The zero-order chi connectivity index (χ0) is 19.1. The maximum atomic E-state index is 11.0. The van der Waals surface area contributed by atoms with Crippen molar-refractivity contribution in [3.05, 3.63) is 84.2 Å². The highest BCUT2D eigenvalue weighted by Gasteiger charge is 2.11. The predicted octanol–water partition coefficient (Wildman–Crippen LogP) is 3.83. The molecule has 0 unspecified atom stereocenters. The van der Waals surface area contributed by atoms with Gasteiger partial charge in [0.1, 0.15) is 29.6 Å². The van der Waals surface area contributed by atoms with E-state index >= 15 is 0 Å². The second-order valence-corrected chi connectivity index (χ2v) is 5.46. The van der Waals surface area contributed by atoms with Gasteiger partial charge in [-0.25, -0.2) is 4.79 Å². The minimum atomic E-state index is -1.09. The van der Waals surface area contributed by atoms with Crippen molar-refractivity contribution >= 4 is 11.7 Å². The van der Waals surface area contributed by atoms with Crippen LogP contribution in [0.5, 0.6) is 17.2 Å². The Morgan fingerprint density at radius 3 is 2.30 bits per heavy atom. The average Bonchev–Trinajstić information content (AvgIpc) is 2.71. The Kier molecular flexibility index (Phi) is 5.64. The Bertz CT molecular complexity index is 940. The molecular formula is C20H16N2O5. The van der Waals surface area contributed by atoms with Gasteiger partial charge in [-0.05, 0) is 48.5 Å². The summed E-state index contributed by atoms with van der Waals surface area (Å²) in [5, 5.41) is 21.4. The smallest absolute Gasteiger partial charge is 0.335 e. The van der Waals surface area contributed by atoms with E-state index in [1.165, 1.54) is 18.3 Å². The third kappa shape index (κ3) is 4.82. The summed E-state index contributed by atoms with van der Waals surface area (Å²) in [6.45, 7) is -0.0779. The van der Waals surface area contributed by atoms with Crippen LogP contribution in [0.4, 0.5) is 0 Å². The van der Waals surface area contributed by atoms with Crippen LogP contribution in [0.3, 0.4) is 0 Å². The molecule has 27 heavy (non-hydrogen) atoms. The lowest BCUT2D eigenvalue weighted by molar-refractivity contribution is 0.0696. The van der Waals surface area contributed by atoms with Gasteiger partial charge < -0.3 is 19.8 Å². The molecule has 2 aromatic carbocycles. The molecule has 0 aliphatic heterocycles. The number of ether oxygens (including phenoxy) is 2. The molecule has 0 atom stereocenters. The number of oxime groups is 1. The van der Waals surface area contributed by atoms with Gasteiger partial charge in [0.15, 0.2) is 0 Å². The Morgan fingerprint density at radius 1 is 0.963 bits per heavy atom. The SMILES string of the molecule is O=C(O)c1ccnc(/C(COc2ccc(Oc3ccccc3)cc2)=N/O)c1. The van der Waals surface area contributed by atoms with E-state index in [1.807, 2.05) is 30.3 Å². The molecule has 0 spiro atoms. The molecule has 0 fully saturated rings. The number of rotatable bonds is 7. The molecule has 0 bridgehead atoms. The molecule has 0 saturated carbocycles. The van der Waals surface area contributed by atoms with Crippen LogP contribution in [0.25, 0.3) is 0 Å². The van der Waals surface area contributed by atoms with E-state index in [2.05, 4.69) is 10.1 Å². The lowest BCUT2D eigenvalue weighted by atomic mass is 10.2. The van der Waals surface area contributed by atoms with Crippen molar-refractivity contribution in [3.8, 4) is 17.2 Å². The number of carboxylic acids is 1. The minimum Gasteiger partial charge on any atom is -0.487 e. The largest absolute Gasteiger partial charge is 0.487 e. The quantitative estimate of drug-likeness (QED) is 0.375. The predicted molar refractivity (Wildman–Crippen MR) is 98.0 cm³/mol. The molecule has 7 nitrogen and oxygen atoms in total. The van der Waals surface area contributed by atoms with Gasteiger partial charge in [0, 0.05) is 6.20 Å². The molecule has 136 valence electrons. The van der Waals surface area contributed by atoms with Gasteiger partial charge in [-0.2, -0.15) is 0 Å². The number of pyridine rings is 1. The molecule has 3 rings (SSSR count). The monoisotopic (exact) mass is 364 g/mol. The zero-order valence-corrected chi connectivity index (χ0v) is 14.1. The maximum Gasteiger partial charge on any atom is 0.335 e. The van der Waals surface area contributed by atoms with Crippen molar-refractivity contribution in [2.75, 3.05) is 6.61 Å². The van der Waals surface area contributed by atoms with E-state index in [-0.39, 0.29) is 23.6 Å². The van der Waals surface area contributed by atoms with Gasteiger partial charge in [0.25, 0.3) is 0 Å². The Morgan fingerprint density at radius 2 is 1.63 bits per heavy atom. The van der Waals surface area contributed by atoms with Gasteiger partial charge in [-0.3, -0.25) is 4.98 Å². The summed E-state index contributed by atoms with van der Waals surface area (Å²) in [5.74, 6) is 0.822. The standard InChI is InChI=1S/C20H16N2O5/c23-20(24)14-10-11-21-18(12-14)19(22-25)13-26-15-6-8-17(9-7-15)27-16-4-2-1-3-5-16/h1-12,25H,13H2,(H,23,24)/b22-19+. The Labute approximate surface area is 155 Å². The number of hydrogen-bond donors (Lipinski definition) is 2. The van der Waals surface area contributed by atoms with Crippen molar-refractivity contribution in [3.63, 3.8) is 0 Å². The fourth-order valence-corrected chi connectivity index (χ4v) is 2.26. The summed E-state index contributed by atoms with van der Waals surface area (Å²) in [6, 6.07) is 19.0. The van der Waals surface area contributed by atoms with Crippen molar-refractivity contribution in [2.24, 2.45) is 5.16 Å². The van der Waals surface area contributed by atoms with E-state index in [1.54, 1.807) is 24.3 Å². The van der Waals surface area contributed by atoms with Crippen molar-refractivity contribution < 1.29 is 24.6 Å². The Hall–Kier alpha value is -3.87. The minimum absolute atomic E-state index is 0.0450. The molecule has 2 N–H and O–H groups in total. The second-order valence-electron chi connectivity index (χ2n) is 5.46. The zero-order valence-electron chi connectivity index (χ0n) is 14.1. The normalized spacial score (nSPS) is 11.0. The van der Waals surface area contributed by atoms with Gasteiger partial charge in [-0.15, -0.1) is 0 Å². The first-order chi connectivity index (χ1) is 13.2. The number of benzene rings is 2. The fourth-order valence-electron chi connectivity index (χ4n) is 2.26. The van der Waals surface area contributed by atoms with Crippen LogP contribution < -0.4 is 9.47 Å². The average molecular weight is 364 g/mol. The molecule has 0 aliphatic carbocycles. The summed E-state index contributed by atoms with van der Waals surface area (Å²) >= 11 is 0. The Balaban J connectivity index is 1.63. The third-order valence-electron chi connectivity index (χ3n) is 3.60. The van der Waals surface area contributed by atoms with E-state index < -0.39 is 5.97 Å².